The number of aryl methyl sites for hydroxylation is 1. The molecule has 4 nitrogen and oxygen atoms in total. The van der Waals surface area contributed by atoms with E-state index in [0.717, 1.165) is 11.6 Å². The van der Waals surface area contributed by atoms with Crippen molar-refractivity contribution >= 4 is 5.95 Å². The van der Waals surface area contributed by atoms with E-state index < -0.39 is 0 Å². The molecule has 4 rings (SSSR count). The first kappa shape index (κ1) is 14.6. The molecule has 120 valence electrons. The number of hydrogen-bond acceptors (Lipinski definition) is 4. The number of nitrogens with one attached hydrogen (secondary N) is 1. The fraction of sp³-hybridized carbons (Fsp3) is 0.526. The lowest BCUT2D eigenvalue weighted by molar-refractivity contribution is 0.641. The fourth-order valence-electron chi connectivity index (χ4n) is 3.69. The smallest absolute Gasteiger partial charge is 0.223 e. The summed E-state index contributed by atoms with van der Waals surface area (Å²) >= 11 is 0. The van der Waals surface area contributed by atoms with E-state index in [1.165, 1.54) is 49.8 Å². The second-order valence-electron chi connectivity index (χ2n) is 6.95. The Kier molecular flexibility index (Phi) is 3.98. The highest BCUT2D eigenvalue weighted by Crippen LogP contribution is 2.42. The van der Waals surface area contributed by atoms with Gasteiger partial charge in [0.05, 0.1) is 11.7 Å². The van der Waals surface area contributed by atoms with Crippen LogP contribution in [0.4, 0.5) is 5.95 Å². The molecule has 23 heavy (non-hydrogen) atoms. The van der Waals surface area contributed by atoms with Crippen LogP contribution in [-0.4, -0.2) is 15.0 Å². The third-order valence-corrected chi connectivity index (χ3v) is 5.17. The van der Waals surface area contributed by atoms with E-state index in [4.69, 9.17) is 4.98 Å². The summed E-state index contributed by atoms with van der Waals surface area (Å²) in [6.45, 7) is 2.13. The van der Waals surface area contributed by atoms with E-state index in [9.17, 15) is 0 Å². The number of rotatable bonds is 5. The van der Waals surface area contributed by atoms with Crippen LogP contribution in [0.15, 0.2) is 30.6 Å². The number of anilines is 1. The lowest BCUT2D eigenvalue weighted by atomic mass is 10.0. The number of aromatic nitrogens is 3. The van der Waals surface area contributed by atoms with E-state index >= 15 is 0 Å². The molecule has 2 aliphatic carbocycles. The molecular weight excluding hydrogens is 284 g/mol. The van der Waals surface area contributed by atoms with Gasteiger partial charge in [-0.25, -0.2) is 9.97 Å². The molecule has 2 aromatic rings. The molecule has 2 aliphatic rings. The van der Waals surface area contributed by atoms with Gasteiger partial charge in [-0.1, -0.05) is 18.9 Å². The lowest BCUT2D eigenvalue weighted by Gasteiger charge is -2.20. The van der Waals surface area contributed by atoms with Crippen LogP contribution in [0.5, 0.6) is 0 Å². The molecule has 2 saturated carbocycles. The summed E-state index contributed by atoms with van der Waals surface area (Å²) in [4.78, 5) is 13.9. The average Bonchev–Trinajstić information content (AvgIpc) is 3.27. The summed E-state index contributed by atoms with van der Waals surface area (Å²) in [6.07, 6.45) is 11.5. The van der Waals surface area contributed by atoms with E-state index in [1.807, 2.05) is 18.5 Å². The predicted octanol–water partition coefficient (Wildman–Crippen LogP) is 4.40. The van der Waals surface area contributed by atoms with Crippen molar-refractivity contribution in [3.05, 3.63) is 47.5 Å². The van der Waals surface area contributed by atoms with Crippen LogP contribution in [0.3, 0.4) is 0 Å². The first-order chi connectivity index (χ1) is 11.3. The van der Waals surface area contributed by atoms with Gasteiger partial charge in [0.1, 0.15) is 0 Å². The Hall–Kier alpha value is -1.97. The van der Waals surface area contributed by atoms with Crippen molar-refractivity contribution in [2.24, 2.45) is 5.92 Å². The number of nitrogens with zero attached hydrogens (tertiary/aromatic N) is 3. The third-order valence-electron chi connectivity index (χ3n) is 5.17. The Morgan fingerprint density at radius 2 is 1.87 bits per heavy atom. The van der Waals surface area contributed by atoms with E-state index in [2.05, 4.69) is 34.3 Å². The molecule has 0 radical (unpaired) electrons. The molecule has 0 bridgehead atoms. The summed E-state index contributed by atoms with van der Waals surface area (Å²) in [5, 5.41) is 3.58. The highest BCUT2D eigenvalue weighted by molar-refractivity contribution is 5.35. The van der Waals surface area contributed by atoms with Gasteiger partial charge in [0.25, 0.3) is 0 Å². The SMILES string of the molecule is Cc1cccnc1[C@H](Nc1nccc(C2CCCC2)n1)C1CC1. The highest BCUT2D eigenvalue weighted by atomic mass is 15.1. The second kappa shape index (κ2) is 6.26. The maximum atomic E-state index is 4.81. The Balaban J connectivity index is 1.57. The molecule has 1 N–H and O–H groups in total. The molecule has 0 unspecified atom stereocenters. The van der Waals surface area contributed by atoms with Crippen LogP contribution in [-0.2, 0) is 0 Å². The fourth-order valence-corrected chi connectivity index (χ4v) is 3.69. The Morgan fingerprint density at radius 1 is 1.04 bits per heavy atom. The summed E-state index contributed by atoms with van der Waals surface area (Å²) < 4.78 is 0. The molecular formula is C19H24N4. The summed E-state index contributed by atoms with van der Waals surface area (Å²) in [7, 11) is 0. The quantitative estimate of drug-likeness (QED) is 0.889. The van der Waals surface area contributed by atoms with Crippen molar-refractivity contribution < 1.29 is 0 Å². The maximum Gasteiger partial charge on any atom is 0.223 e. The van der Waals surface area contributed by atoms with Crippen LogP contribution in [0, 0.1) is 12.8 Å². The first-order valence-electron chi connectivity index (χ1n) is 8.82. The zero-order chi connectivity index (χ0) is 15.6. The Bertz CT molecular complexity index is 675. The van der Waals surface area contributed by atoms with Crippen LogP contribution < -0.4 is 5.32 Å². The average molecular weight is 308 g/mol. The first-order valence-corrected chi connectivity index (χ1v) is 8.82. The molecule has 0 aliphatic heterocycles. The van der Waals surface area contributed by atoms with Crippen molar-refractivity contribution in [3.8, 4) is 0 Å². The van der Waals surface area contributed by atoms with Crippen LogP contribution in [0.1, 0.15) is 67.4 Å². The molecule has 4 heteroatoms. The van der Waals surface area contributed by atoms with E-state index in [-0.39, 0.29) is 6.04 Å². The second-order valence-corrected chi connectivity index (χ2v) is 6.95. The molecule has 2 aromatic heterocycles. The van der Waals surface area contributed by atoms with Crippen molar-refractivity contribution in [2.75, 3.05) is 5.32 Å². The minimum absolute atomic E-state index is 0.232. The summed E-state index contributed by atoms with van der Waals surface area (Å²) in [5.41, 5.74) is 3.58. The highest BCUT2D eigenvalue weighted by Gasteiger charge is 2.34. The van der Waals surface area contributed by atoms with Gasteiger partial charge in [-0.05, 0) is 56.2 Å². The van der Waals surface area contributed by atoms with Gasteiger partial charge in [0.15, 0.2) is 0 Å². The molecule has 0 spiro atoms. The van der Waals surface area contributed by atoms with Gasteiger partial charge in [-0.2, -0.15) is 0 Å². The largest absolute Gasteiger partial charge is 0.346 e. The van der Waals surface area contributed by atoms with Crippen LogP contribution in [0.25, 0.3) is 0 Å². The van der Waals surface area contributed by atoms with Crippen molar-refractivity contribution in [2.45, 2.75) is 57.4 Å². The molecule has 0 saturated heterocycles. The van der Waals surface area contributed by atoms with Crippen LogP contribution >= 0.6 is 0 Å². The van der Waals surface area contributed by atoms with Gasteiger partial charge < -0.3 is 5.32 Å². The monoisotopic (exact) mass is 308 g/mol. The van der Waals surface area contributed by atoms with E-state index in [0.29, 0.717) is 11.8 Å². The number of hydrogen-bond donors (Lipinski definition) is 1. The third kappa shape index (κ3) is 3.21. The summed E-state index contributed by atoms with van der Waals surface area (Å²) in [6, 6.07) is 6.45. The standard InChI is InChI=1S/C19H24N4/c1-13-5-4-11-20-17(13)18(15-8-9-15)23-19-21-12-10-16(22-19)14-6-2-3-7-14/h4-5,10-12,14-15,18H,2-3,6-9H2,1H3,(H,21,22,23)/t18-/m1/s1. The van der Waals surface area contributed by atoms with E-state index in [1.54, 1.807) is 0 Å². The predicted molar refractivity (Wildman–Crippen MR) is 91.3 cm³/mol. The number of pyridine rings is 1. The minimum Gasteiger partial charge on any atom is -0.346 e. The molecule has 0 amide bonds. The maximum absolute atomic E-state index is 4.81. The molecule has 1 atom stereocenters. The Morgan fingerprint density at radius 3 is 2.61 bits per heavy atom. The summed E-state index contributed by atoms with van der Waals surface area (Å²) in [5.74, 6) is 2.04. The van der Waals surface area contributed by atoms with Gasteiger partial charge in [-0.15, -0.1) is 0 Å². The zero-order valence-corrected chi connectivity index (χ0v) is 13.7. The van der Waals surface area contributed by atoms with Crippen molar-refractivity contribution in [1.29, 1.82) is 0 Å². The van der Waals surface area contributed by atoms with Gasteiger partial charge >= 0.3 is 0 Å². The normalized spacial score (nSPS) is 19.7. The zero-order valence-electron chi connectivity index (χ0n) is 13.7. The van der Waals surface area contributed by atoms with Gasteiger partial charge in [0, 0.05) is 24.0 Å². The minimum atomic E-state index is 0.232. The van der Waals surface area contributed by atoms with Gasteiger partial charge in [-0.3, -0.25) is 4.98 Å². The van der Waals surface area contributed by atoms with Crippen molar-refractivity contribution in [1.82, 2.24) is 15.0 Å². The van der Waals surface area contributed by atoms with Crippen molar-refractivity contribution in [3.63, 3.8) is 0 Å². The molecule has 2 fully saturated rings. The Labute approximate surface area is 137 Å². The molecule has 0 aromatic carbocycles. The van der Waals surface area contributed by atoms with Crippen LogP contribution in [0.2, 0.25) is 0 Å². The lowest BCUT2D eigenvalue weighted by Crippen LogP contribution is -2.18. The molecule has 2 heterocycles. The topological polar surface area (TPSA) is 50.7 Å². The van der Waals surface area contributed by atoms with Gasteiger partial charge in [0.2, 0.25) is 5.95 Å².